The van der Waals surface area contributed by atoms with Gasteiger partial charge in [0.25, 0.3) is 0 Å². The van der Waals surface area contributed by atoms with Crippen LogP contribution in [0.25, 0.3) is 0 Å². The van der Waals surface area contributed by atoms with Crippen LogP contribution in [-0.2, 0) is 5.54 Å². The number of rotatable bonds is 2. The average Bonchev–Trinajstić information content (AvgIpc) is 2.35. The summed E-state index contributed by atoms with van der Waals surface area (Å²) in [4.78, 5) is 0. The van der Waals surface area contributed by atoms with Crippen molar-refractivity contribution in [1.29, 1.82) is 0 Å². The van der Waals surface area contributed by atoms with Gasteiger partial charge in [0.1, 0.15) is 0 Å². The standard InChI is InChI=1S/C14H19BrFNO/c1-9-8-10(12(16)13(18-2)11(9)15)14(17)6-4-3-5-7-14/h8H,3-7,17H2,1-2H3. The molecule has 1 aromatic rings. The Hall–Kier alpha value is -0.610. The first kappa shape index (κ1) is 13.8. The van der Waals surface area contributed by atoms with Crippen LogP contribution in [0.1, 0.15) is 43.2 Å². The quantitative estimate of drug-likeness (QED) is 0.894. The Balaban J connectivity index is 2.53. The summed E-state index contributed by atoms with van der Waals surface area (Å²) in [7, 11) is 1.48. The van der Waals surface area contributed by atoms with E-state index in [4.69, 9.17) is 10.5 Å². The van der Waals surface area contributed by atoms with Gasteiger partial charge < -0.3 is 10.5 Å². The normalized spacial score (nSPS) is 18.7. The van der Waals surface area contributed by atoms with Crippen molar-refractivity contribution in [2.45, 2.75) is 44.6 Å². The third-order valence-corrected chi connectivity index (χ3v) is 4.81. The second kappa shape index (κ2) is 5.17. The van der Waals surface area contributed by atoms with Crippen molar-refractivity contribution in [2.75, 3.05) is 7.11 Å². The minimum Gasteiger partial charge on any atom is -0.492 e. The first-order valence-electron chi connectivity index (χ1n) is 6.31. The van der Waals surface area contributed by atoms with Gasteiger partial charge in [-0.25, -0.2) is 4.39 Å². The molecule has 0 unspecified atom stereocenters. The fraction of sp³-hybridized carbons (Fsp3) is 0.571. The first-order valence-corrected chi connectivity index (χ1v) is 7.11. The molecule has 0 aliphatic heterocycles. The van der Waals surface area contributed by atoms with Crippen molar-refractivity contribution in [1.82, 2.24) is 0 Å². The Bertz CT molecular complexity index is 456. The molecule has 1 fully saturated rings. The molecule has 0 amide bonds. The summed E-state index contributed by atoms with van der Waals surface area (Å²) >= 11 is 3.36. The monoisotopic (exact) mass is 315 g/mol. The van der Waals surface area contributed by atoms with Crippen LogP contribution in [-0.4, -0.2) is 7.11 Å². The van der Waals surface area contributed by atoms with Crippen molar-refractivity contribution in [3.63, 3.8) is 0 Å². The van der Waals surface area contributed by atoms with Gasteiger partial charge in [-0.2, -0.15) is 0 Å². The van der Waals surface area contributed by atoms with Crippen LogP contribution in [0.15, 0.2) is 10.5 Å². The lowest BCUT2D eigenvalue weighted by molar-refractivity contribution is 0.287. The van der Waals surface area contributed by atoms with E-state index in [2.05, 4.69) is 15.9 Å². The van der Waals surface area contributed by atoms with E-state index in [1.807, 2.05) is 13.0 Å². The van der Waals surface area contributed by atoms with Crippen molar-refractivity contribution in [3.8, 4) is 5.75 Å². The van der Waals surface area contributed by atoms with Crippen LogP contribution in [0, 0.1) is 12.7 Å². The van der Waals surface area contributed by atoms with Gasteiger partial charge in [0, 0.05) is 11.1 Å². The Labute approximate surface area is 116 Å². The number of nitrogens with two attached hydrogens (primary N) is 1. The van der Waals surface area contributed by atoms with E-state index in [-0.39, 0.29) is 11.6 Å². The minimum absolute atomic E-state index is 0.264. The van der Waals surface area contributed by atoms with Crippen molar-refractivity contribution < 1.29 is 9.13 Å². The molecule has 1 aliphatic carbocycles. The van der Waals surface area contributed by atoms with Crippen LogP contribution in [0.3, 0.4) is 0 Å². The molecule has 1 saturated carbocycles. The number of halogens is 2. The van der Waals surface area contributed by atoms with Crippen LogP contribution in [0.5, 0.6) is 5.75 Å². The number of hydrogen-bond acceptors (Lipinski definition) is 2. The molecule has 0 spiro atoms. The van der Waals surface area contributed by atoms with Crippen molar-refractivity contribution in [3.05, 3.63) is 27.5 Å². The molecule has 0 radical (unpaired) electrons. The summed E-state index contributed by atoms with van der Waals surface area (Å²) in [6, 6.07) is 1.85. The van der Waals surface area contributed by atoms with E-state index in [1.54, 1.807) is 0 Å². The number of methoxy groups -OCH3 is 1. The molecule has 1 aromatic carbocycles. The van der Waals surface area contributed by atoms with Crippen LogP contribution >= 0.6 is 15.9 Å². The summed E-state index contributed by atoms with van der Waals surface area (Å²) in [6.45, 7) is 1.93. The topological polar surface area (TPSA) is 35.2 Å². The molecule has 2 rings (SSSR count). The third kappa shape index (κ3) is 2.28. The summed E-state index contributed by atoms with van der Waals surface area (Å²) in [5, 5.41) is 0. The largest absolute Gasteiger partial charge is 0.492 e. The lowest BCUT2D eigenvalue weighted by Crippen LogP contribution is -2.39. The molecule has 1 aliphatic rings. The molecule has 100 valence electrons. The van der Waals surface area contributed by atoms with Gasteiger partial charge in [-0.1, -0.05) is 19.3 Å². The Morgan fingerprint density at radius 2 is 1.94 bits per heavy atom. The third-order valence-electron chi connectivity index (χ3n) is 3.83. The molecule has 0 bridgehead atoms. The molecule has 2 N–H and O–H groups in total. The molecule has 0 aromatic heterocycles. The molecular weight excluding hydrogens is 297 g/mol. The fourth-order valence-corrected chi connectivity index (χ4v) is 3.18. The zero-order valence-corrected chi connectivity index (χ0v) is 12.4. The maximum Gasteiger partial charge on any atom is 0.171 e. The van der Waals surface area contributed by atoms with Crippen molar-refractivity contribution in [2.24, 2.45) is 5.73 Å². The predicted molar refractivity (Wildman–Crippen MR) is 74.3 cm³/mol. The van der Waals surface area contributed by atoms with Gasteiger partial charge in [0.05, 0.1) is 11.6 Å². The fourth-order valence-electron chi connectivity index (χ4n) is 2.73. The predicted octanol–water partition coefficient (Wildman–Crippen LogP) is 4.02. The SMILES string of the molecule is COc1c(F)c(C2(N)CCCCC2)cc(C)c1Br. The number of aryl methyl sites for hydroxylation is 1. The van der Waals surface area contributed by atoms with E-state index >= 15 is 0 Å². The van der Waals surface area contributed by atoms with E-state index in [9.17, 15) is 4.39 Å². The molecule has 18 heavy (non-hydrogen) atoms. The Kier molecular flexibility index (Phi) is 3.97. The first-order chi connectivity index (χ1) is 8.49. The zero-order valence-electron chi connectivity index (χ0n) is 10.9. The second-order valence-electron chi connectivity index (χ2n) is 5.12. The highest BCUT2D eigenvalue weighted by atomic mass is 79.9. The molecule has 4 heteroatoms. The molecule has 0 heterocycles. The van der Waals surface area contributed by atoms with Gasteiger partial charge in [-0.05, 0) is 47.3 Å². The number of hydrogen-bond donors (Lipinski definition) is 1. The highest BCUT2D eigenvalue weighted by Crippen LogP contribution is 2.41. The van der Waals surface area contributed by atoms with E-state index in [1.165, 1.54) is 13.5 Å². The van der Waals surface area contributed by atoms with E-state index in [0.29, 0.717) is 10.0 Å². The van der Waals surface area contributed by atoms with E-state index < -0.39 is 5.54 Å². The lowest BCUT2D eigenvalue weighted by Gasteiger charge is -2.34. The molecule has 0 saturated heterocycles. The summed E-state index contributed by atoms with van der Waals surface area (Å²) < 4.78 is 20.3. The average molecular weight is 316 g/mol. The van der Waals surface area contributed by atoms with Gasteiger partial charge in [-0.3, -0.25) is 0 Å². The van der Waals surface area contributed by atoms with Crippen molar-refractivity contribution >= 4 is 15.9 Å². The Morgan fingerprint density at radius 3 is 2.50 bits per heavy atom. The summed E-state index contributed by atoms with van der Waals surface area (Å²) in [5.74, 6) is -0.0558. The molecule has 0 atom stereocenters. The van der Waals surface area contributed by atoms with Gasteiger partial charge in [-0.15, -0.1) is 0 Å². The van der Waals surface area contributed by atoms with Crippen LogP contribution < -0.4 is 10.5 Å². The van der Waals surface area contributed by atoms with E-state index in [0.717, 1.165) is 31.2 Å². The van der Waals surface area contributed by atoms with Crippen LogP contribution in [0.4, 0.5) is 4.39 Å². The molecule has 2 nitrogen and oxygen atoms in total. The highest BCUT2D eigenvalue weighted by Gasteiger charge is 2.34. The van der Waals surface area contributed by atoms with Gasteiger partial charge in [0.15, 0.2) is 11.6 Å². The number of benzene rings is 1. The zero-order chi connectivity index (χ0) is 13.3. The maximum atomic E-state index is 14.5. The van der Waals surface area contributed by atoms with Crippen LogP contribution in [0.2, 0.25) is 0 Å². The highest BCUT2D eigenvalue weighted by molar-refractivity contribution is 9.10. The lowest BCUT2D eigenvalue weighted by atomic mass is 9.77. The van der Waals surface area contributed by atoms with Gasteiger partial charge in [0.2, 0.25) is 0 Å². The maximum absolute atomic E-state index is 14.5. The Morgan fingerprint density at radius 1 is 1.33 bits per heavy atom. The summed E-state index contributed by atoms with van der Waals surface area (Å²) in [5.41, 5.74) is 7.43. The summed E-state index contributed by atoms with van der Waals surface area (Å²) in [6.07, 6.45) is 5.00. The smallest absolute Gasteiger partial charge is 0.171 e. The second-order valence-corrected chi connectivity index (χ2v) is 5.91. The number of ether oxygens (including phenoxy) is 1. The minimum atomic E-state index is -0.541. The van der Waals surface area contributed by atoms with Gasteiger partial charge >= 0.3 is 0 Å². The molecular formula is C14H19BrFNO.